The maximum Gasteiger partial charge on any atom is 0.120 e. The molecule has 1 aliphatic carbocycles. The van der Waals surface area contributed by atoms with Crippen molar-refractivity contribution >= 4 is 6.29 Å². The molecule has 0 amide bonds. The van der Waals surface area contributed by atoms with Crippen molar-refractivity contribution in [2.75, 3.05) is 7.11 Å². The van der Waals surface area contributed by atoms with E-state index in [1.165, 1.54) is 25.7 Å². The van der Waals surface area contributed by atoms with Crippen molar-refractivity contribution in [2.45, 2.75) is 52.9 Å². The molecule has 0 unspecified atom stereocenters. The molecule has 2 nitrogen and oxygen atoms in total. The maximum atomic E-state index is 10.2. The standard InChI is InChI=1S/C9H16O.C2H6.CH4O/c1-8-2-4-9(5-3-8)6-7-10;2*1-2/h7-9H,2-6H2,1H3;1-2H3;2H,1H3. The Balaban J connectivity index is 0. The molecule has 0 bridgehead atoms. The topological polar surface area (TPSA) is 37.3 Å². The van der Waals surface area contributed by atoms with E-state index in [1.54, 1.807) is 0 Å². The van der Waals surface area contributed by atoms with Crippen molar-refractivity contribution in [1.29, 1.82) is 0 Å². The largest absolute Gasteiger partial charge is 0.400 e. The van der Waals surface area contributed by atoms with E-state index in [2.05, 4.69) is 6.92 Å². The Kier molecular flexibility index (Phi) is 14.5. The van der Waals surface area contributed by atoms with Gasteiger partial charge < -0.3 is 9.90 Å². The summed E-state index contributed by atoms with van der Waals surface area (Å²) in [6.07, 6.45) is 7.09. The lowest BCUT2D eigenvalue weighted by atomic mass is 9.82. The molecule has 0 saturated heterocycles. The number of aliphatic hydroxyl groups excluding tert-OH is 1. The third kappa shape index (κ3) is 8.24. The average Bonchev–Trinajstić information content (AvgIpc) is 2.28. The molecule has 0 spiro atoms. The first-order valence-corrected chi connectivity index (χ1v) is 5.71. The molecular formula is C12H26O2. The lowest BCUT2D eigenvalue weighted by Crippen LogP contribution is -2.12. The summed E-state index contributed by atoms with van der Waals surface area (Å²) in [5, 5.41) is 7.00. The number of hydrogen-bond donors (Lipinski definition) is 1. The summed E-state index contributed by atoms with van der Waals surface area (Å²) >= 11 is 0. The average molecular weight is 202 g/mol. The number of rotatable bonds is 2. The SMILES string of the molecule is CC.CC1CCC(CC=O)CC1.CO. The summed E-state index contributed by atoms with van der Waals surface area (Å²) in [6, 6.07) is 0. The minimum absolute atomic E-state index is 0.716. The summed E-state index contributed by atoms with van der Waals surface area (Å²) in [7, 11) is 1.00. The van der Waals surface area contributed by atoms with Crippen LogP contribution in [0.2, 0.25) is 0 Å². The highest BCUT2D eigenvalue weighted by molar-refractivity contribution is 5.49. The van der Waals surface area contributed by atoms with Crippen LogP contribution in [0, 0.1) is 11.8 Å². The quantitative estimate of drug-likeness (QED) is 0.699. The predicted octanol–water partition coefficient (Wildman–Crippen LogP) is 3.04. The molecule has 0 aromatic heterocycles. The van der Waals surface area contributed by atoms with Gasteiger partial charge in [-0.1, -0.05) is 33.6 Å². The first kappa shape index (κ1) is 16.1. The summed E-state index contributed by atoms with van der Waals surface area (Å²) in [5.41, 5.74) is 0. The lowest BCUT2D eigenvalue weighted by molar-refractivity contribution is -0.108. The zero-order valence-electron chi connectivity index (χ0n) is 10.1. The van der Waals surface area contributed by atoms with E-state index < -0.39 is 0 Å². The van der Waals surface area contributed by atoms with Crippen molar-refractivity contribution in [2.24, 2.45) is 11.8 Å². The van der Waals surface area contributed by atoms with Gasteiger partial charge in [0.2, 0.25) is 0 Å². The Morgan fingerprint density at radius 2 is 1.57 bits per heavy atom. The number of hydrogen-bond acceptors (Lipinski definition) is 2. The highest BCUT2D eigenvalue weighted by atomic mass is 16.2. The minimum Gasteiger partial charge on any atom is -0.400 e. The summed E-state index contributed by atoms with van der Waals surface area (Å²) in [4.78, 5) is 10.2. The molecule has 2 heteroatoms. The normalized spacial score (nSPS) is 24.9. The number of aldehydes is 1. The molecule has 14 heavy (non-hydrogen) atoms. The van der Waals surface area contributed by atoms with Crippen molar-refractivity contribution in [3.8, 4) is 0 Å². The van der Waals surface area contributed by atoms with Gasteiger partial charge in [0, 0.05) is 13.5 Å². The number of carbonyl (C=O) groups is 1. The third-order valence-electron chi connectivity index (χ3n) is 2.56. The summed E-state index contributed by atoms with van der Waals surface area (Å²) in [6.45, 7) is 6.30. The Morgan fingerprint density at radius 3 is 1.93 bits per heavy atom. The van der Waals surface area contributed by atoms with Crippen LogP contribution in [0.15, 0.2) is 0 Å². The van der Waals surface area contributed by atoms with Crippen LogP contribution in [0.3, 0.4) is 0 Å². The van der Waals surface area contributed by atoms with Gasteiger partial charge in [-0.3, -0.25) is 0 Å². The van der Waals surface area contributed by atoms with Crippen molar-refractivity contribution in [1.82, 2.24) is 0 Å². The van der Waals surface area contributed by atoms with Gasteiger partial charge in [-0.05, 0) is 24.7 Å². The van der Waals surface area contributed by atoms with Crippen LogP contribution >= 0.6 is 0 Å². The lowest BCUT2D eigenvalue weighted by Gasteiger charge is -2.24. The van der Waals surface area contributed by atoms with Crippen molar-refractivity contribution in [3.05, 3.63) is 0 Å². The highest BCUT2D eigenvalue weighted by Gasteiger charge is 2.16. The fraction of sp³-hybridized carbons (Fsp3) is 0.917. The maximum absolute atomic E-state index is 10.2. The molecule has 0 radical (unpaired) electrons. The van der Waals surface area contributed by atoms with Gasteiger partial charge in [-0.2, -0.15) is 0 Å². The van der Waals surface area contributed by atoms with E-state index in [9.17, 15) is 4.79 Å². The Labute approximate surface area is 88.7 Å². The van der Waals surface area contributed by atoms with Gasteiger partial charge in [-0.25, -0.2) is 0 Å². The second kappa shape index (κ2) is 12.6. The third-order valence-corrected chi connectivity index (χ3v) is 2.56. The highest BCUT2D eigenvalue weighted by Crippen LogP contribution is 2.29. The molecule has 0 heterocycles. The van der Waals surface area contributed by atoms with Gasteiger partial charge in [0.15, 0.2) is 0 Å². The van der Waals surface area contributed by atoms with Gasteiger partial charge in [0.25, 0.3) is 0 Å². The molecule has 1 rings (SSSR count). The van der Waals surface area contributed by atoms with Gasteiger partial charge >= 0.3 is 0 Å². The molecule has 1 fully saturated rings. The summed E-state index contributed by atoms with van der Waals surface area (Å²) in [5.74, 6) is 1.62. The summed E-state index contributed by atoms with van der Waals surface area (Å²) < 4.78 is 0. The minimum atomic E-state index is 0.716. The van der Waals surface area contributed by atoms with E-state index in [0.29, 0.717) is 5.92 Å². The molecule has 1 aliphatic rings. The second-order valence-electron chi connectivity index (χ2n) is 3.53. The second-order valence-corrected chi connectivity index (χ2v) is 3.53. The molecule has 0 atom stereocenters. The monoisotopic (exact) mass is 202 g/mol. The van der Waals surface area contributed by atoms with E-state index in [1.807, 2.05) is 13.8 Å². The van der Waals surface area contributed by atoms with Crippen LogP contribution in [-0.4, -0.2) is 18.5 Å². The van der Waals surface area contributed by atoms with Crippen molar-refractivity contribution in [3.63, 3.8) is 0 Å². The zero-order valence-corrected chi connectivity index (χ0v) is 10.1. The molecule has 0 aliphatic heterocycles. The first-order valence-electron chi connectivity index (χ1n) is 5.71. The van der Waals surface area contributed by atoms with Crippen LogP contribution in [0.1, 0.15) is 52.9 Å². The molecule has 86 valence electrons. The Morgan fingerprint density at radius 1 is 1.14 bits per heavy atom. The zero-order chi connectivity index (χ0) is 11.4. The van der Waals surface area contributed by atoms with Crippen LogP contribution in [0.5, 0.6) is 0 Å². The molecule has 1 saturated carbocycles. The molecule has 0 aromatic carbocycles. The fourth-order valence-corrected chi connectivity index (χ4v) is 1.70. The van der Waals surface area contributed by atoms with Crippen molar-refractivity contribution < 1.29 is 9.90 Å². The smallest absolute Gasteiger partial charge is 0.120 e. The Hall–Kier alpha value is -0.370. The van der Waals surface area contributed by atoms with Gasteiger partial charge in [0.05, 0.1) is 0 Å². The van der Waals surface area contributed by atoms with E-state index >= 15 is 0 Å². The predicted molar refractivity (Wildman–Crippen MR) is 61.3 cm³/mol. The molecular weight excluding hydrogens is 176 g/mol. The fourth-order valence-electron chi connectivity index (χ4n) is 1.70. The first-order chi connectivity index (χ1) is 6.83. The van der Waals surface area contributed by atoms with Crippen LogP contribution in [0.25, 0.3) is 0 Å². The van der Waals surface area contributed by atoms with E-state index in [-0.39, 0.29) is 0 Å². The van der Waals surface area contributed by atoms with Crippen LogP contribution in [0.4, 0.5) is 0 Å². The van der Waals surface area contributed by atoms with E-state index in [4.69, 9.17) is 5.11 Å². The van der Waals surface area contributed by atoms with Crippen LogP contribution < -0.4 is 0 Å². The Bertz CT molecular complexity index is 105. The molecule has 1 N–H and O–H groups in total. The number of aliphatic hydroxyl groups is 1. The van der Waals surface area contributed by atoms with Gasteiger partial charge in [-0.15, -0.1) is 0 Å². The van der Waals surface area contributed by atoms with E-state index in [0.717, 1.165) is 25.7 Å². The number of carbonyl (C=O) groups excluding carboxylic acids is 1. The van der Waals surface area contributed by atoms with Gasteiger partial charge in [0.1, 0.15) is 6.29 Å². The molecule has 0 aromatic rings. The van der Waals surface area contributed by atoms with Crippen LogP contribution in [-0.2, 0) is 4.79 Å².